The third-order valence-electron chi connectivity index (χ3n) is 7.80. The quantitative estimate of drug-likeness (QED) is 0.121. The van der Waals surface area contributed by atoms with Crippen molar-refractivity contribution in [3.63, 3.8) is 0 Å². The van der Waals surface area contributed by atoms with E-state index in [0.717, 1.165) is 5.56 Å². The van der Waals surface area contributed by atoms with E-state index in [1.807, 2.05) is 32.9 Å². The number of ether oxygens (including phenoxy) is 2. The van der Waals surface area contributed by atoms with Crippen molar-refractivity contribution in [2.24, 2.45) is 0 Å². The van der Waals surface area contributed by atoms with Gasteiger partial charge in [-0.2, -0.15) is 16.8 Å². The maximum atomic E-state index is 13.4. The van der Waals surface area contributed by atoms with Crippen LogP contribution in [0.1, 0.15) is 72.1 Å². The first-order chi connectivity index (χ1) is 21.8. The molecule has 4 aromatic rings. The van der Waals surface area contributed by atoms with E-state index in [-0.39, 0.29) is 33.3 Å². The van der Waals surface area contributed by atoms with Gasteiger partial charge < -0.3 is 14.4 Å². The van der Waals surface area contributed by atoms with E-state index in [1.54, 1.807) is 58.9 Å². The van der Waals surface area contributed by atoms with Gasteiger partial charge in [0.2, 0.25) is 0 Å². The fourth-order valence-corrected chi connectivity index (χ4v) is 7.70. The van der Waals surface area contributed by atoms with E-state index in [2.05, 4.69) is 0 Å². The molecule has 0 spiro atoms. The van der Waals surface area contributed by atoms with E-state index in [1.165, 1.54) is 48.5 Å². The Morgan fingerprint density at radius 3 is 1.40 bits per heavy atom. The van der Waals surface area contributed by atoms with Crippen molar-refractivity contribution in [1.29, 1.82) is 0 Å². The summed E-state index contributed by atoms with van der Waals surface area (Å²) in [7, 11) is -13.5. The largest absolute Gasteiger partial charge is 0.487 e. The molecule has 0 aromatic heterocycles. The van der Waals surface area contributed by atoms with Gasteiger partial charge in [-0.05, 0) is 104 Å². The summed E-state index contributed by atoms with van der Waals surface area (Å²) in [5, 5.41) is 0.407. The third kappa shape index (κ3) is 8.37. The molecule has 0 heterocycles. The minimum atomic E-state index is -4.82. The fourth-order valence-electron chi connectivity index (χ4n) is 5.02. The number of benzene rings is 4. The Morgan fingerprint density at radius 1 is 0.583 bits per heavy atom. The van der Waals surface area contributed by atoms with E-state index in [0.29, 0.717) is 11.1 Å². The van der Waals surface area contributed by atoms with Gasteiger partial charge in [0.15, 0.2) is 0 Å². The molecular formula is C35H41O10PS2. The van der Waals surface area contributed by atoms with Crippen LogP contribution in [-0.2, 0) is 35.6 Å². The lowest BCUT2D eigenvalue weighted by Gasteiger charge is -2.29. The maximum Gasteiger partial charge on any atom is 0.298 e. The van der Waals surface area contributed by atoms with Gasteiger partial charge in [0.05, 0.1) is 0 Å². The number of hydrogen-bond acceptors (Lipinski definition) is 7. The van der Waals surface area contributed by atoms with Crippen LogP contribution < -0.4 is 20.1 Å². The van der Waals surface area contributed by atoms with Crippen molar-refractivity contribution in [3.05, 3.63) is 102 Å². The van der Waals surface area contributed by atoms with Crippen LogP contribution in [0.25, 0.3) is 0 Å². The molecule has 1 unspecified atom stereocenters. The summed E-state index contributed by atoms with van der Waals surface area (Å²) in [6, 6.07) is 21.0. The van der Waals surface area contributed by atoms with Gasteiger partial charge >= 0.3 is 0 Å². The molecule has 0 saturated carbocycles. The van der Waals surface area contributed by atoms with Crippen molar-refractivity contribution in [1.82, 2.24) is 0 Å². The summed E-state index contributed by atoms with van der Waals surface area (Å²) in [5.74, 6) is -0.109. The van der Waals surface area contributed by atoms with Crippen LogP contribution in [0, 0.1) is 0 Å². The van der Waals surface area contributed by atoms with Crippen LogP contribution in [0.3, 0.4) is 0 Å². The first-order valence-corrected chi connectivity index (χ1v) is 19.5. The summed E-state index contributed by atoms with van der Waals surface area (Å²) in [6.07, 6.45) is 0. The molecule has 48 heavy (non-hydrogen) atoms. The fraction of sp³-hybridized carbons (Fsp3) is 0.314. The minimum absolute atomic E-state index is 0.0473. The zero-order valence-electron chi connectivity index (χ0n) is 28.0. The second-order valence-electron chi connectivity index (χ2n) is 14.1. The van der Waals surface area contributed by atoms with Gasteiger partial charge in [0.25, 0.3) is 27.6 Å². The molecule has 0 aliphatic heterocycles. The van der Waals surface area contributed by atoms with E-state index >= 15 is 0 Å². The van der Waals surface area contributed by atoms with Gasteiger partial charge in [0, 0.05) is 16.0 Å². The Balaban J connectivity index is 1.67. The molecule has 4 aromatic carbocycles. The molecule has 0 aliphatic carbocycles. The molecule has 10 nitrogen and oxygen atoms in total. The summed E-state index contributed by atoms with van der Waals surface area (Å²) >= 11 is 0. The Morgan fingerprint density at radius 2 is 0.979 bits per heavy atom. The standard InChI is InChI=1S/C35H41O10PS2/c1-33(2,3)23-9-15-27(16-10-23)46(36,37)28-17-13-26(14-18-28)44-29-19-11-24(21-31(29)47(38,39)40)35(7,8)25-12-20-30(45-34(4,5)6)32(22-25)48(41,42)43/h9-22H,1-8H3,(H,36,37)(H,38,39,40)(H,41,42,43). The predicted octanol–water partition coefficient (Wildman–Crippen LogP) is 6.99. The molecule has 0 saturated heterocycles. The molecule has 1 atom stereocenters. The van der Waals surface area contributed by atoms with Crippen LogP contribution in [-0.4, -0.2) is 36.4 Å². The first-order valence-electron chi connectivity index (χ1n) is 15.0. The molecular weight excluding hydrogens is 675 g/mol. The average molecular weight is 717 g/mol. The lowest BCUT2D eigenvalue weighted by molar-refractivity contribution is 0.126. The van der Waals surface area contributed by atoms with Gasteiger partial charge in [-0.3, -0.25) is 13.7 Å². The Labute approximate surface area is 282 Å². The molecule has 0 bridgehead atoms. The molecule has 258 valence electrons. The normalized spacial score (nSPS) is 14.3. The summed E-state index contributed by atoms with van der Waals surface area (Å²) in [6.45, 7) is 14.8. The van der Waals surface area contributed by atoms with Gasteiger partial charge in [-0.15, -0.1) is 0 Å². The number of hydrogen-bond donors (Lipinski definition) is 3. The van der Waals surface area contributed by atoms with E-state index in [4.69, 9.17) is 9.47 Å². The smallest absolute Gasteiger partial charge is 0.298 e. The first kappa shape index (κ1) is 37.3. The molecule has 0 fully saturated rings. The Kier molecular flexibility index (Phi) is 9.91. The summed E-state index contributed by atoms with van der Waals surface area (Å²) < 4.78 is 94.6. The SMILES string of the molecule is CC(C)(C)Oc1ccc(C(C)(C)c2ccc(Oc3ccc(P(=O)(O)c4ccc(C(C)(C)C)cc4)cc3)c(S(=O)(=O)O)c2)cc1S(=O)(=O)O. The van der Waals surface area contributed by atoms with Crippen molar-refractivity contribution >= 4 is 38.2 Å². The van der Waals surface area contributed by atoms with Gasteiger partial charge in [-0.1, -0.05) is 58.9 Å². The molecule has 0 aliphatic rings. The third-order valence-corrected chi connectivity index (χ3v) is 11.5. The van der Waals surface area contributed by atoms with Crippen LogP contribution in [0.2, 0.25) is 0 Å². The second kappa shape index (κ2) is 12.7. The predicted molar refractivity (Wildman–Crippen MR) is 186 cm³/mol. The molecule has 0 amide bonds. The van der Waals surface area contributed by atoms with E-state index in [9.17, 15) is 35.4 Å². The second-order valence-corrected chi connectivity index (χ2v) is 19.0. The Bertz CT molecular complexity index is 2090. The van der Waals surface area contributed by atoms with Crippen LogP contribution in [0.15, 0.2) is 94.7 Å². The van der Waals surface area contributed by atoms with Crippen molar-refractivity contribution in [3.8, 4) is 17.2 Å². The number of rotatable bonds is 9. The van der Waals surface area contributed by atoms with Crippen molar-refractivity contribution in [2.75, 3.05) is 0 Å². The molecule has 4 rings (SSSR count). The monoisotopic (exact) mass is 716 g/mol. The maximum absolute atomic E-state index is 13.4. The topological polar surface area (TPSA) is 164 Å². The molecule has 0 radical (unpaired) electrons. The Hall–Kier alpha value is -3.51. The summed E-state index contributed by atoms with van der Waals surface area (Å²) in [4.78, 5) is 9.96. The average Bonchev–Trinajstić information content (AvgIpc) is 2.95. The lowest BCUT2D eigenvalue weighted by atomic mass is 9.78. The highest BCUT2D eigenvalue weighted by molar-refractivity contribution is 7.86. The zero-order chi connectivity index (χ0) is 36.1. The van der Waals surface area contributed by atoms with Gasteiger partial charge in [-0.25, -0.2) is 0 Å². The van der Waals surface area contributed by atoms with Crippen LogP contribution in [0.4, 0.5) is 0 Å². The molecule has 3 N–H and O–H groups in total. The van der Waals surface area contributed by atoms with Crippen molar-refractivity contribution in [2.45, 2.75) is 81.6 Å². The lowest BCUT2D eigenvalue weighted by Crippen LogP contribution is -2.25. The molecule has 13 heteroatoms. The highest BCUT2D eigenvalue weighted by Crippen LogP contribution is 2.41. The van der Waals surface area contributed by atoms with Crippen molar-refractivity contribution < 1.29 is 44.9 Å². The van der Waals surface area contributed by atoms with Crippen LogP contribution >= 0.6 is 7.37 Å². The van der Waals surface area contributed by atoms with Gasteiger partial charge in [0.1, 0.15) is 32.6 Å². The zero-order valence-corrected chi connectivity index (χ0v) is 30.6. The minimum Gasteiger partial charge on any atom is -0.487 e. The van der Waals surface area contributed by atoms with E-state index < -0.39 is 48.4 Å². The highest BCUT2D eigenvalue weighted by atomic mass is 32.2. The summed E-state index contributed by atoms with van der Waals surface area (Å²) in [5.41, 5.74) is -0.109. The van der Waals surface area contributed by atoms with Crippen LogP contribution in [0.5, 0.6) is 17.2 Å². The highest BCUT2D eigenvalue weighted by Gasteiger charge is 2.31.